The van der Waals surface area contributed by atoms with Crippen LogP contribution < -0.4 is 5.32 Å². The molecule has 2 aliphatic rings. The van der Waals surface area contributed by atoms with Crippen molar-refractivity contribution < 1.29 is 32.3 Å². The fraction of sp³-hybridized carbons (Fsp3) is 0.273. The molecule has 0 unspecified atom stereocenters. The Balaban J connectivity index is 1.71. The van der Waals surface area contributed by atoms with Crippen molar-refractivity contribution in [1.29, 1.82) is 0 Å². The number of carbonyl (C=O) groups excluding carboxylic acids is 2. The largest absolute Gasteiger partial charge is 0.509 e. The van der Waals surface area contributed by atoms with E-state index in [-0.39, 0.29) is 17.8 Å². The number of rotatable bonds is 4. The van der Waals surface area contributed by atoms with E-state index in [9.17, 15) is 32.3 Å². The van der Waals surface area contributed by atoms with E-state index < -0.39 is 56.4 Å². The minimum atomic E-state index is -1.12. The molecule has 4 rings (SSSR count). The highest BCUT2D eigenvalue weighted by Gasteiger charge is 2.52. The lowest BCUT2D eigenvalue weighted by molar-refractivity contribution is -0.160. The molecule has 0 radical (unpaired) electrons. The Bertz CT molecular complexity index is 1160. The van der Waals surface area contributed by atoms with Gasteiger partial charge in [-0.1, -0.05) is 0 Å². The molecule has 174 valence electrons. The zero-order valence-electron chi connectivity index (χ0n) is 17.3. The summed E-state index contributed by atoms with van der Waals surface area (Å²) in [6, 6.07) is 4.53. The molecular weight excluding hydrogens is 510 g/mol. The lowest BCUT2D eigenvalue weighted by Crippen LogP contribution is -2.60. The van der Waals surface area contributed by atoms with Gasteiger partial charge in [0.2, 0.25) is 0 Å². The van der Waals surface area contributed by atoms with Gasteiger partial charge in [-0.15, -0.1) is 0 Å². The lowest BCUT2D eigenvalue weighted by atomic mass is 9.90. The standard InChI is InChI=1S/C22H18BrF4N3O3/c1-22-3-2-4-30(22)29(10-11-5-12(24)7-13(25)6-11)21(33)17(19(22)31)20(32)28-14-8-15(26)18(23)16(27)9-14/h5-9,31H,2-4,10H2,1H3,(H,28,32)/t22-/m1/s1. The number of nitrogens with zero attached hydrogens (tertiary/aromatic N) is 2. The van der Waals surface area contributed by atoms with Crippen molar-refractivity contribution in [3.8, 4) is 0 Å². The van der Waals surface area contributed by atoms with Crippen LogP contribution in [0, 0.1) is 23.3 Å². The highest BCUT2D eigenvalue weighted by Crippen LogP contribution is 2.41. The zero-order valence-corrected chi connectivity index (χ0v) is 18.8. The molecule has 0 spiro atoms. The SMILES string of the molecule is C[C@]12CCCN1N(Cc1cc(F)cc(F)c1)C(=O)C(C(=O)Nc1cc(F)c(Br)c(F)c1)=C2O. The summed E-state index contributed by atoms with van der Waals surface area (Å²) in [5.41, 5.74) is -1.85. The quantitative estimate of drug-likeness (QED) is 0.347. The van der Waals surface area contributed by atoms with Crippen LogP contribution in [0.15, 0.2) is 46.1 Å². The minimum Gasteiger partial charge on any atom is -0.509 e. The number of fused-ring (bicyclic) bond motifs is 1. The Kier molecular flexibility index (Phi) is 5.95. The molecule has 2 aliphatic heterocycles. The topological polar surface area (TPSA) is 72.9 Å². The summed E-state index contributed by atoms with van der Waals surface area (Å²) in [6.07, 6.45) is 0.984. The Morgan fingerprint density at radius 3 is 2.33 bits per heavy atom. The maximum absolute atomic E-state index is 13.9. The van der Waals surface area contributed by atoms with Gasteiger partial charge in [0, 0.05) is 18.3 Å². The van der Waals surface area contributed by atoms with Gasteiger partial charge < -0.3 is 10.4 Å². The van der Waals surface area contributed by atoms with Crippen molar-refractivity contribution >= 4 is 33.4 Å². The number of anilines is 1. The van der Waals surface area contributed by atoms with E-state index in [2.05, 4.69) is 21.2 Å². The number of hydrazine groups is 1. The van der Waals surface area contributed by atoms with Crippen LogP contribution in [-0.2, 0) is 16.1 Å². The van der Waals surface area contributed by atoms with Gasteiger partial charge in [-0.25, -0.2) is 22.6 Å². The number of halogens is 5. The van der Waals surface area contributed by atoms with E-state index in [0.29, 0.717) is 25.5 Å². The van der Waals surface area contributed by atoms with E-state index in [1.807, 2.05) is 0 Å². The van der Waals surface area contributed by atoms with Crippen LogP contribution in [0.25, 0.3) is 0 Å². The maximum Gasteiger partial charge on any atom is 0.277 e. The summed E-state index contributed by atoms with van der Waals surface area (Å²) >= 11 is 2.73. The molecule has 6 nitrogen and oxygen atoms in total. The van der Waals surface area contributed by atoms with Crippen molar-refractivity contribution in [3.05, 3.63) is 75.0 Å². The van der Waals surface area contributed by atoms with Crippen LogP contribution in [0.3, 0.4) is 0 Å². The number of carbonyl (C=O) groups is 2. The first-order valence-corrected chi connectivity index (χ1v) is 10.7. The molecule has 1 atom stereocenters. The molecule has 1 saturated heterocycles. The van der Waals surface area contributed by atoms with Gasteiger partial charge in [0.05, 0.1) is 16.6 Å². The van der Waals surface area contributed by atoms with E-state index >= 15 is 0 Å². The third-order valence-corrected chi connectivity index (χ3v) is 6.57. The number of benzene rings is 2. The molecule has 0 aliphatic carbocycles. The van der Waals surface area contributed by atoms with Crippen LogP contribution in [0.4, 0.5) is 23.2 Å². The molecule has 11 heteroatoms. The fourth-order valence-electron chi connectivity index (χ4n) is 4.24. The molecule has 2 amide bonds. The highest BCUT2D eigenvalue weighted by atomic mass is 79.9. The van der Waals surface area contributed by atoms with Gasteiger partial charge in [-0.05, 0) is 65.5 Å². The van der Waals surface area contributed by atoms with Crippen molar-refractivity contribution in [3.63, 3.8) is 0 Å². The van der Waals surface area contributed by atoms with Crippen molar-refractivity contribution in [2.75, 3.05) is 11.9 Å². The molecule has 2 aromatic rings. The smallest absolute Gasteiger partial charge is 0.277 e. The Morgan fingerprint density at radius 2 is 1.73 bits per heavy atom. The minimum absolute atomic E-state index is 0.147. The zero-order chi connectivity index (χ0) is 24.1. The molecular formula is C22H18BrF4N3O3. The van der Waals surface area contributed by atoms with Gasteiger partial charge in [0.25, 0.3) is 11.8 Å². The van der Waals surface area contributed by atoms with Crippen LogP contribution in [0.2, 0.25) is 0 Å². The Labute approximate surface area is 194 Å². The van der Waals surface area contributed by atoms with E-state index in [0.717, 1.165) is 29.3 Å². The number of aliphatic hydroxyl groups excluding tert-OH is 1. The van der Waals surface area contributed by atoms with Gasteiger partial charge in [-0.2, -0.15) is 0 Å². The number of aliphatic hydroxyl groups is 1. The summed E-state index contributed by atoms with van der Waals surface area (Å²) in [4.78, 5) is 26.2. The lowest BCUT2D eigenvalue weighted by Gasteiger charge is -2.46. The van der Waals surface area contributed by atoms with Gasteiger partial charge in [-0.3, -0.25) is 14.6 Å². The maximum atomic E-state index is 13.9. The summed E-state index contributed by atoms with van der Waals surface area (Å²) in [5.74, 6) is -6.05. The molecule has 33 heavy (non-hydrogen) atoms. The first kappa shape index (κ1) is 23.2. The van der Waals surface area contributed by atoms with Crippen LogP contribution in [0.1, 0.15) is 25.3 Å². The van der Waals surface area contributed by atoms with Crippen LogP contribution in [-0.4, -0.2) is 39.0 Å². The summed E-state index contributed by atoms with van der Waals surface area (Å²) in [6.45, 7) is 1.74. The normalized spacial score (nSPS) is 20.9. The summed E-state index contributed by atoms with van der Waals surface area (Å²) in [5, 5.41) is 15.8. The van der Waals surface area contributed by atoms with Crippen molar-refractivity contribution in [2.45, 2.75) is 31.8 Å². The summed E-state index contributed by atoms with van der Waals surface area (Å²) in [7, 11) is 0. The van der Waals surface area contributed by atoms with Gasteiger partial charge >= 0.3 is 0 Å². The monoisotopic (exact) mass is 527 g/mol. The predicted octanol–water partition coefficient (Wildman–Crippen LogP) is 4.57. The number of hydrogen-bond donors (Lipinski definition) is 2. The second kappa shape index (κ2) is 8.45. The first-order valence-electron chi connectivity index (χ1n) is 9.95. The second-order valence-corrected chi connectivity index (χ2v) is 8.87. The van der Waals surface area contributed by atoms with Crippen LogP contribution >= 0.6 is 15.9 Å². The molecule has 0 bridgehead atoms. The van der Waals surface area contributed by atoms with Gasteiger partial charge in [0.1, 0.15) is 34.6 Å². The average Bonchev–Trinajstić information content (AvgIpc) is 3.12. The molecule has 2 heterocycles. The molecule has 0 saturated carbocycles. The first-order chi connectivity index (χ1) is 15.5. The van der Waals surface area contributed by atoms with Crippen molar-refractivity contribution in [1.82, 2.24) is 10.0 Å². The third kappa shape index (κ3) is 4.10. The average molecular weight is 528 g/mol. The highest BCUT2D eigenvalue weighted by molar-refractivity contribution is 9.10. The van der Waals surface area contributed by atoms with E-state index in [1.54, 1.807) is 11.9 Å². The van der Waals surface area contributed by atoms with E-state index in [4.69, 9.17) is 0 Å². The number of nitrogens with one attached hydrogen (secondary N) is 1. The van der Waals surface area contributed by atoms with Crippen LogP contribution in [0.5, 0.6) is 0 Å². The van der Waals surface area contributed by atoms with Crippen molar-refractivity contribution in [2.24, 2.45) is 0 Å². The Morgan fingerprint density at radius 1 is 1.12 bits per heavy atom. The number of amides is 2. The molecule has 2 N–H and O–H groups in total. The molecule has 0 aromatic heterocycles. The summed E-state index contributed by atoms with van der Waals surface area (Å²) < 4.78 is 54.7. The molecule has 1 fully saturated rings. The Hall–Kier alpha value is -2.92. The number of hydrogen-bond acceptors (Lipinski definition) is 4. The fourth-order valence-corrected chi connectivity index (χ4v) is 4.47. The van der Waals surface area contributed by atoms with E-state index in [1.165, 1.54) is 0 Å². The molecule has 2 aromatic carbocycles. The second-order valence-electron chi connectivity index (χ2n) is 8.07. The third-order valence-electron chi connectivity index (χ3n) is 5.81. The van der Waals surface area contributed by atoms with Gasteiger partial charge in [0.15, 0.2) is 0 Å². The predicted molar refractivity (Wildman–Crippen MR) is 114 cm³/mol.